The van der Waals surface area contributed by atoms with Gasteiger partial charge in [-0.3, -0.25) is 58.3 Å². The zero-order chi connectivity index (χ0) is 62.3. The van der Waals surface area contributed by atoms with Gasteiger partial charge in [-0.2, -0.15) is 0 Å². The molecule has 0 aliphatic carbocycles. The van der Waals surface area contributed by atoms with Crippen molar-refractivity contribution in [3.05, 3.63) is 36.0 Å². The Balaban J connectivity index is 1.11. The molecule has 3 saturated heterocycles. The first-order valence-corrected chi connectivity index (χ1v) is 33.1. The molecule has 0 unspecified atom stereocenters. The average Bonchev–Trinajstić information content (AvgIpc) is 3.70. The van der Waals surface area contributed by atoms with Gasteiger partial charge in [-0.25, -0.2) is 9.86 Å². The van der Waals surface area contributed by atoms with E-state index in [2.05, 4.69) is 34.8 Å². The van der Waals surface area contributed by atoms with E-state index in [9.17, 15) is 43.2 Å². The van der Waals surface area contributed by atoms with Crippen LogP contribution < -0.4 is 16.0 Å². The van der Waals surface area contributed by atoms with Crippen molar-refractivity contribution in [3.8, 4) is 0 Å². The first-order valence-electron chi connectivity index (χ1n) is 30.6. The maximum Gasteiger partial charge on any atom is 0.334 e. The number of hydrogen-bond acceptors (Lipinski definition) is 17. The number of likely N-dealkylation sites (tertiary alicyclic amines) is 1. The Morgan fingerprint density at radius 2 is 1.48 bits per heavy atom. The van der Waals surface area contributed by atoms with Crippen LogP contribution in [0, 0.1) is 23.7 Å². The van der Waals surface area contributed by atoms with Crippen molar-refractivity contribution < 1.29 is 62.3 Å². The smallest absolute Gasteiger partial charge is 0.334 e. The molecule has 3 aliphatic rings. The second kappa shape index (κ2) is 35.6. The van der Waals surface area contributed by atoms with Crippen molar-refractivity contribution >= 4 is 85.7 Å². The molecule has 24 heteroatoms. The van der Waals surface area contributed by atoms with E-state index < -0.39 is 72.0 Å². The molecule has 4 N–H and O–H groups in total. The van der Waals surface area contributed by atoms with Gasteiger partial charge in [-0.15, -0.1) is 5.06 Å². The number of rotatable bonds is 36. The Labute approximate surface area is 511 Å². The van der Waals surface area contributed by atoms with Crippen molar-refractivity contribution in [3.63, 3.8) is 0 Å². The molecule has 85 heavy (non-hydrogen) atoms. The summed E-state index contributed by atoms with van der Waals surface area (Å²) in [6.45, 7) is 16.2. The summed E-state index contributed by atoms with van der Waals surface area (Å²) in [6, 6.07) is 4.74. The number of unbranched alkanes of at least 4 members (excludes halogenated alkanes) is 3. The number of hydrogen-bond donors (Lipinski definition) is 4. The van der Waals surface area contributed by atoms with E-state index in [1.807, 2.05) is 82.1 Å². The van der Waals surface area contributed by atoms with Crippen molar-refractivity contribution in [2.75, 3.05) is 72.6 Å². The lowest BCUT2D eigenvalue weighted by Gasteiger charge is -2.43. The third-order valence-electron chi connectivity index (χ3n) is 16.7. The number of aromatic nitrogens is 1. The predicted molar refractivity (Wildman–Crippen MR) is 328 cm³/mol. The van der Waals surface area contributed by atoms with Crippen LogP contribution in [0.3, 0.4) is 0 Å². The zero-order valence-electron chi connectivity index (χ0n) is 52.2. The molecule has 476 valence electrons. The number of nitrogens with one attached hydrogen (secondary N) is 4. The van der Waals surface area contributed by atoms with Gasteiger partial charge < -0.3 is 34.8 Å². The number of hydroxylamine groups is 4. The molecule has 4 heterocycles. The van der Waals surface area contributed by atoms with E-state index in [1.54, 1.807) is 26.0 Å². The van der Waals surface area contributed by atoms with Gasteiger partial charge in [0.1, 0.15) is 6.04 Å². The number of benzene rings is 1. The first-order chi connectivity index (χ1) is 40.6. The number of carbonyl (C=O) groups excluding carboxylic acids is 9. The second-order valence-electron chi connectivity index (χ2n) is 23.6. The number of nitrogens with zero attached hydrogens (tertiary/aromatic N) is 5. The fraction of sp³-hybridized carbons (Fsp3) is 0.721. The maximum atomic E-state index is 14.7. The number of ether oxygens (including phenoxy) is 2. The van der Waals surface area contributed by atoms with Gasteiger partial charge >= 0.3 is 5.97 Å². The topological polar surface area (TPSA) is 259 Å². The Morgan fingerprint density at radius 1 is 0.812 bits per heavy atom. The molecule has 3 aliphatic heterocycles. The van der Waals surface area contributed by atoms with Crippen LogP contribution in [0.2, 0.25) is 0 Å². The van der Waals surface area contributed by atoms with Crippen LogP contribution in [-0.4, -0.2) is 198 Å². The number of aromatic amines is 1. The molecular weight excluding hydrogens is 1130 g/mol. The van der Waals surface area contributed by atoms with Gasteiger partial charge in [0.15, 0.2) is 0 Å². The third kappa shape index (κ3) is 20.5. The highest BCUT2D eigenvalue weighted by molar-refractivity contribution is 8.76. The molecule has 2 aromatic rings. The molecular formula is C61H97N9O13S2. The summed E-state index contributed by atoms with van der Waals surface area (Å²) in [5, 5.41) is 11.7. The van der Waals surface area contributed by atoms with E-state index in [4.69, 9.17) is 19.1 Å². The quantitative estimate of drug-likeness (QED) is 0.0336. The summed E-state index contributed by atoms with van der Waals surface area (Å²) in [7, 11) is 9.77. The van der Waals surface area contributed by atoms with Gasteiger partial charge in [0.2, 0.25) is 29.5 Å². The molecule has 8 amide bonds. The van der Waals surface area contributed by atoms with Crippen molar-refractivity contribution in [1.29, 1.82) is 0 Å². The van der Waals surface area contributed by atoms with Gasteiger partial charge in [0.05, 0.1) is 55.7 Å². The van der Waals surface area contributed by atoms with E-state index in [1.165, 1.54) is 26.7 Å². The number of imide groups is 2. The average molecular weight is 1230 g/mol. The van der Waals surface area contributed by atoms with Crippen molar-refractivity contribution in [1.82, 2.24) is 45.8 Å². The number of likely N-dealkylation sites (N-methyl/N-ethyl adjacent to an activating group) is 2. The Hall–Kier alpha value is -5.11. The zero-order valence-corrected chi connectivity index (χ0v) is 53.8. The predicted octanol–water partition coefficient (Wildman–Crippen LogP) is 6.21. The van der Waals surface area contributed by atoms with Crippen LogP contribution in [0.5, 0.6) is 0 Å². The van der Waals surface area contributed by atoms with Crippen LogP contribution in [0.25, 0.3) is 10.9 Å². The van der Waals surface area contributed by atoms with Crippen LogP contribution in [0.4, 0.5) is 0 Å². The summed E-state index contributed by atoms with van der Waals surface area (Å²) in [4.78, 5) is 139. The van der Waals surface area contributed by atoms with Gasteiger partial charge in [-0.05, 0) is 88.5 Å². The van der Waals surface area contributed by atoms with Gasteiger partial charge in [-0.1, -0.05) is 108 Å². The molecule has 5 rings (SSSR count). The number of methoxy groups -OCH3 is 2. The molecule has 1 aromatic carbocycles. The largest absolute Gasteiger partial charge is 0.379 e. The highest BCUT2D eigenvalue weighted by atomic mass is 33.1. The van der Waals surface area contributed by atoms with Crippen LogP contribution in [-0.2, 0) is 68.7 Å². The number of H-pyrrole nitrogens is 1. The maximum absolute atomic E-state index is 14.7. The van der Waals surface area contributed by atoms with Crippen molar-refractivity contribution in [2.45, 2.75) is 187 Å². The van der Waals surface area contributed by atoms with Crippen LogP contribution in [0.1, 0.15) is 144 Å². The summed E-state index contributed by atoms with van der Waals surface area (Å²) in [5.74, 6) is -3.53. The normalized spacial score (nSPS) is 18.6. The lowest BCUT2D eigenvalue weighted by atomic mass is 9.87. The fourth-order valence-corrected chi connectivity index (χ4v) is 14.0. The summed E-state index contributed by atoms with van der Waals surface area (Å²) in [6.07, 6.45) is 8.28. The molecule has 0 radical (unpaired) electrons. The minimum atomic E-state index is -0.916. The van der Waals surface area contributed by atoms with Crippen LogP contribution >= 0.6 is 21.6 Å². The molecule has 22 nitrogen and oxygen atoms in total. The standard InChI is InChI=1S/C61H97N9O13S2/c1-12-41(6)56(48(80-10)37-52(74)68-31-21-24-47(68)57(81-11)42(7)58(76)64-46(61(79)69-32-19-20-33-82-69)36-43-38-63-45-23-16-15-22-44(43)45)67(9)55(40(4)5)60(78)65-59(77)54(39(2)3)66(8)30-18-14-13-17-29-62-49(71)27-34-84-85-35-28-53(75)83-70-50(72)25-26-51(70)73/h15-16,22-23,38-42,46-48,54-57,63H,12-14,17-21,24-37H2,1-11H3,(H,62,71)(H,64,76)(H,65,77,78)/t41-,42+,46-,47-,48+,54-,55-,56-,57+/m0/s1. The molecule has 0 bridgehead atoms. The Kier molecular flexibility index (Phi) is 29.6. The molecule has 1 aromatic heterocycles. The molecule has 0 spiro atoms. The minimum Gasteiger partial charge on any atom is -0.379 e. The number of fused-ring (bicyclic) bond motifs is 1. The molecule has 3 fully saturated rings. The van der Waals surface area contributed by atoms with E-state index >= 15 is 0 Å². The first kappa shape index (κ1) is 70.7. The Morgan fingerprint density at radius 3 is 2.13 bits per heavy atom. The van der Waals surface area contributed by atoms with E-state index in [-0.39, 0.29) is 79.4 Å². The highest BCUT2D eigenvalue weighted by Crippen LogP contribution is 2.32. The summed E-state index contributed by atoms with van der Waals surface area (Å²) in [5.41, 5.74) is 1.81. The monoisotopic (exact) mass is 1230 g/mol. The minimum absolute atomic E-state index is 0.00139. The lowest BCUT2D eigenvalue weighted by Crippen LogP contribution is -2.60. The summed E-state index contributed by atoms with van der Waals surface area (Å²) < 4.78 is 12.3. The third-order valence-corrected chi connectivity index (χ3v) is 19.1. The molecule has 0 saturated carbocycles. The number of para-hydroxylation sites is 1. The fourth-order valence-electron chi connectivity index (χ4n) is 12.1. The van der Waals surface area contributed by atoms with Gasteiger partial charge in [0.25, 0.3) is 17.7 Å². The lowest BCUT2D eigenvalue weighted by molar-refractivity contribution is -0.199. The summed E-state index contributed by atoms with van der Waals surface area (Å²) >= 11 is 0. The SMILES string of the molecule is CC[C@H](C)[C@@H]([C@@H](CC(=O)N1CCC[C@H]1[C@H](OC)[C@@H](C)C(=O)N[C@@H](Cc1c[nH]c2ccccc12)C(=O)N1CCCCO1)OC)N(C)[C@H](C(=O)NC(=O)[C@H](C(C)C)N(C)CCCCCCNC(=O)CCSSCCC(=O)ON1C(=O)CCC1=O)C(C)C. The number of carbonyl (C=O) groups is 9. The van der Waals surface area contributed by atoms with Crippen LogP contribution in [0.15, 0.2) is 30.5 Å². The Bertz CT molecular complexity index is 2510. The molecule has 9 atom stereocenters. The highest BCUT2D eigenvalue weighted by Gasteiger charge is 2.44. The number of amides is 8. The van der Waals surface area contributed by atoms with Gasteiger partial charge in [0, 0.05) is 94.2 Å². The second-order valence-corrected chi connectivity index (χ2v) is 26.3. The van der Waals surface area contributed by atoms with E-state index in [0.717, 1.165) is 61.4 Å². The van der Waals surface area contributed by atoms with Crippen molar-refractivity contribution in [2.24, 2.45) is 23.7 Å². The van der Waals surface area contributed by atoms with E-state index in [0.29, 0.717) is 68.6 Å².